The SMILES string of the molecule is Cn1cc([N+](=O)[O-])c(C(=O)NN=Cc2cc3ccccc3nc2Cl)n1. The maximum Gasteiger partial charge on any atom is 0.320 e. The second-order valence-electron chi connectivity index (χ2n) is 5.05. The van der Waals surface area contributed by atoms with Crippen LogP contribution in [0, 0.1) is 10.1 Å². The molecule has 0 saturated heterocycles. The van der Waals surface area contributed by atoms with Crippen molar-refractivity contribution in [3.8, 4) is 0 Å². The molecule has 2 heterocycles. The molecule has 3 aromatic rings. The van der Waals surface area contributed by atoms with E-state index in [9.17, 15) is 14.9 Å². The normalized spacial score (nSPS) is 11.1. The number of benzene rings is 1. The van der Waals surface area contributed by atoms with E-state index in [0.717, 1.165) is 17.1 Å². The molecule has 0 unspecified atom stereocenters. The molecule has 0 radical (unpaired) electrons. The first-order chi connectivity index (χ1) is 12.0. The smallest absolute Gasteiger partial charge is 0.268 e. The number of aryl methyl sites for hydroxylation is 1. The largest absolute Gasteiger partial charge is 0.320 e. The molecule has 25 heavy (non-hydrogen) atoms. The van der Waals surface area contributed by atoms with Gasteiger partial charge in [-0.2, -0.15) is 10.2 Å². The zero-order valence-corrected chi connectivity index (χ0v) is 13.6. The number of aromatic nitrogens is 3. The molecular formula is C15H11ClN6O3. The molecule has 10 heteroatoms. The van der Waals surface area contributed by atoms with E-state index in [-0.39, 0.29) is 10.8 Å². The molecule has 1 aromatic carbocycles. The van der Waals surface area contributed by atoms with Crippen LogP contribution in [0.3, 0.4) is 0 Å². The van der Waals surface area contributed by atoms with Crippen molar-refractivity contribution in [2.45, 2.75) is 0 Å². The molecule has 0 saturated carbocycles. The Hall–Kier alpha value is -3.33. The van der Waals surface area contributed by atoms with Crippen LogP contribution in [0.15, 0.2) is 41.6 Å². The minimum absolute atomic E-state index is 0.223. The lowest BCUT2D eigenvalue weighted by molar-refractivity contribution is -0.385. The monoisotopic (exact) mass is 358 g/mol. The number of para-hydroxylation sites is 1. The van der Waals surface area contributed by atoms with Gasteiger partial charge in [0, 0.05) is 18.0 Å². The number of fused-ring (bicyclic) bond motifs is 1. The van der Waals surface area contributed by atoms with Crippen LogP contribution in [0.1, 0.15) is 16.1 Å². The van der Waals surface area contributed by atoms with Crippen LogP contribution in [-0.4, -0.2) is 31.8 Å². The van der Waals surface area contributed by atoms with Crippen molar-refractivity contribution in [1.29, 1.82) is 0 Å². The zero-order chi connectivity index (χ0) is 18.0. The molecule has 1 N–H and O–H groups in total. The Morgan fingerprint density at radius 2 is 2.20 bits per heavy atom. The van der Waals surface area contributed by atoms with E-state index >= 15 is 0 Å². The number of pyridine rings is 1. The van der Waals surface area contributed by atoms with Crippen molar-refractivity contribution >= 4 is 40.3 Å². The number of nitrogens with one attached hydrogen (secondary N) is 1. The van der Waals surface area contributed by atoms with Gasteiger partial charge in [-0.3, -0.25) is 19.6 Å². The Labute approximate surface area is 146 Å². The van der Waals surface area contributed by atoms with E-state index in [4.69, 9.17) is 11.6 Å². The predicted octanol–water partition coefficient (Wildman–Crippen LogP) is 2.29. The van der Waals surface area contributed by atoms with Crippen LogP contribution in [0.2, 0.25) is 5.15 Å². The van der Waals surface area contributed by atoms with Gasteiger partial charge in [-0.05, 0) is 12.1 Å². The maximum absolute atomic E-state index is 12.0. The van der Waals surface area contributed by atoms with Gasteiger partial charge in [-0.1, -0.05) is 29.8 Å². The summed E-state index contributed by atoms with van der Waals surface area (Å²) in [5.74, 6) is -0.798. The van der Waals surface area contributed by atoms with Gasteiger partial charge in [0.1, 0.15) is 11.3 Å². The third kappa shape index (κ3) is 3.45. The molecule has 9 nitrogen and oxygen atoms in total. The van der Waals surface area contributed by atoms with Gasteiger partial charge in [-0.25, -0.2) is 10.4 Å². The van der Waals surface area contributed by atoms with Gasteiger partial charge in [0.15, 0.2) is 0 Å². The molecule has 0 spiro atoms. The maximum atomic E-state index is 12.0. The Morgan fingerprint density at radius 1 is 1.44 bits per heavy atom. The first-order valence-electron chi connectivity index (χ1n) is 7.02. The summed E-state index contributed by atoms with van der Waals surface area (Å²) >= 11 is 6.09. The summed E-state index contributed by atoms with van der Waals surface area (Å²) in [6, 6.07) is 9.17. The fraction of sp³-hybridized carbons (Fsp3) is 0.0667. The van der Waals surface area contributed by atoms with Crippen LogP contribution >= 0.6 is 11.6 Å². The minimum atomic E-state index is -0.798. The number of hydrogen-bond acceptors (Lipinski definition) is 6. The molecule has 0 aliphatic rings. The van der Waals surface area contributed by atoms with Gasteiger partial charge >= 0.3 is 5.69 Å². The fourth-order valence-corrected chi connectivity index (χ4v) is 2.38. The summed E-state index contributed by atoms with van der Waals surface area (Å²) in [5, 5.41) is 19.5. The molecule has 0 atom stereocenters. The van der Waals surface area contributed by atoms with Crippen LogP contribution < -0.4 is 5.43 Å². The third-order valence-electron chi connectivity index (χ3n) is 3.30. The van der Waals surface area contributed by atoms with Crippen LogP contribution in [-0.2, 0) is 7.05 Å². The van der Waals surface area contributed by atoms with Crippen LogP contribution in [0.25, 0.3) is 10.9 Å². The molecule has 126 valence electrons. The Kier molecular flexibility index (Phi) is 4.40. The van der Waals surface area contributed by atoms with Gasteiger partial charge in [0.2, 0.25) is 5.69 Å². The van der Waals surface area contributed by atoms with E-state index in [2.05, 4.69) is 20.6 Å². The van der Waals surface area contributed by atoms with Crippen LogP contribution in [0.4, 0.5) is 5.69 Å². The standard InChI is InChI=1S/C15H11ClN6O3/c1-21-8-12(22(24)25)13(20-21)15(23)19-17-7-10-6-9-4-2-3-5-11(9)18-14(10)16/h2-8H,1H3,(H,19,23). The summed E-state index contributed by atoms with van der Waals surface area (Å²) < 4.78 is 1.18. The van der Waals surface area contributed by atoms with Crippen LogP contribution in [0.5, 0.6) is 0 Å². The topological polar surface area (TPSA) is 115 Å². The molecular weight excluding hydrogens is 348 g/mol. The number of amides is 1. The van der Waals surface area contributed by atoms with E-state index in [1.54, 1.807) is 6.07 Å². The summed E-state index contributed by atoms with van der Waals surface area (Å²) in [4.78, 5) is 26.5. The van der Waals surface area contributed by atoms with Gasteiger partial charge in [0.25, 0.3) is 5.91 Å². The summed E-state index contributed by atoms with van der Waals surface area (Å²) in [6.45, 7) is 0. The summed E-state index contributed by atoms with van der Waals surface area (Å²) in [6.07, 6.45) is 2.46. The number of nitro groups is 1. The quantitative estimate of drug-likeness (QED) is 0.332. The zero-order valence-electron chi connectivity index (χ0n) is 12.9. The number of hydrogen-bond donors (Lipinski definition) is 1. The lowest BCUT2D eigenvalue weighted by atomic mass is 10.2. The average molecular weight is 359 g/mol. The highest BCUT2D eigenvalue weighted by Crippen LogP contribution is 2.19. The molecule has 0 aliphatic heterocycles. The number of nitrogens with zero attached hydrogens (tertiary/aromatic N) is 5. The molecule has 3 rings (SSSR count). The summed E-state index contributed by atoms with van der Waals surface area (Å²) in [5.41, 5.74) is 2.70. The fourth-order valence-electron chi connectivity index (χ4n) is 2.18. The first-order valence-corrected chi connectivity index (χ1v) is 7.40. The van der Waals surface area contributed by atoms with Gasteiger partial charge in [0.05, 0.1) is 16.7 Å². The number of carbonyl (C=O) groups excluding carboxylic acids is 1. The Balaban J connectivity index is 1.80. The van der Waals surface area contributed by atoms with Crippen molar-refractivity contribution in [3.05, 3.63) is 63.1 Å². The van der Waals surface area contributed by atoms with Crippen molar-refractivity contribution in [2.75, 3.05) is 0 Å². The van der Waals surface area contributed by atoms with Crippen molar-refractivity contribution in [1.82, 2.24) is 20.2 Å². The number of rotatable bonds is 4. The molecule has 0 fully saturated rings. The van der Waals surface area contributed by atoms with Gasteiger partial charge < -0.3 is 0 Å². The molecule has 2 aromatic heterocycles. The highest BCUT2D eigenvalue weighted by Gasteiger charge is 2.24. The number of halogens is 1. The lowest BCUT2D eigenvalue weighted by Gasteiger charge is -2.01. The van der Waals surface area contributed by atoms with E-state index in [0.29, 0.717) is 5.56 Å². The minimum Gasteiger partial charge on any atom is -0.268 e. The lowest BCUT2D eigenvalue weighted by Crippen LogP contribution is -2.19. The van der Waals surface area contributed by atoms with E-state index in [1.807, 2.05) is 24.3 Å². The molecule has 1 amide bonds. The Bertz CT molecular complexity index is 1010. The number of hydrazone groups is 1. The second kappa shape index (κ2) is 6.65. The van der Waals surface area contributed by atoms with Crippen molar-refractivity contribution in [2.24, 2.45) is 12.1 Å². The highest BCUT2D eigenvalue weighted by molar-refractivity contribution is 6.32. The second-order valence-corrected chi connectivity index (χ2v) is 5.41. The number of carbonyl (C=O) groups is 1. The molecule has 0 bridgehead atoms. The highest BCUT2D eigenvalue weighted by atomic mass is 35.5. The van der Waals surface area contributed by atoms with E-state index < -0.39 is 16.5 Å². The predicted molar refractivity (Wildman–Crippen MR) is 91.7 cm³/mol. The molecule has 0 aliphatic carbocycles. The van der Waals surface area contributed by atoms with Crippen molar-refractivity contribution < 1.29 is 9.72 Å². The third-order valence-corrected chi connectivity index (χ3v) is 3.60. The van der Waals surface area contributed by atoms with Gasteiger partial charge in [-0.15, -0.1) is 0 Å². The van der Waals surface area contributed by atoms with Crippen molar-refractivity contribution in [3.63, 3.8) is 0 Å². The Morgan fingerprint density at radius 3 is 2.96 bits per heavy atom. The van der Waals surface area contributed by atoms with E-state index in [1.165, 1.54) is 17.9 Å². The average Bonchev–Trinajstić information content (AvgIpc) is 2.97. The summed E-state index contributed by atoms with van der Waals surface area (Å²) in [7, 11) is 1.48. The first kappa shape index (κ1) is 16.5.